The van der Waals surface area contributed by atoms with E-state index in [0.29, 0.717) is 16.6 Å². The third-order valence-electron chi connectivity index (χ3n) is 2.47. The predicted octanol–water partition coefficient (Wildman–Crippen LogP) is 2.48. The Bertz CT molecular complexity index is 522. The molecular formula is C13H14N2O3. The van der Waals surface area contributed by atoms with Crippen LogP contribution in [0.3, 0.4) is 0 Å². The first-order valence-electron chi connectivity index (χ1n) is 5.53. The molecule has 0 aliphatic rings. The summed E-state index contributed by atoms with van der Waals surface area (Å²) in [6.45, 7) is 0.00646. The summed E-state index contributed by atoms with van der Waals surface area (Å²) in [5, 5.41) is 12.3. The smallest absolute Gasteiger partial charge is 0.341 e. The molecule has 2 aromatic rings. The minimum Gasteiger partial charge on any atom is -0.459 e. The van der Waals surface area contributed by atoms with Crippen LogP contribution < -0.4 is 5.32 Å². The fourth-order valence-corrected chi connectivity index (χ4v) is 1.57. The van der Waals surface area contributed by atoms with Crippen LogP contribution >= 0.6 is 0 Å². The minimum absolute atomic E-state index is 0.00646. The lowest BCUT2D eigenvalue weighted by Crippen LogP contribution is -2.34. The molecule has 5 heteroatoms. The molecule has 1 aromatic carbocycles. The molecule has 0 radical (unpaired) electrons. The van der Waals surface area contributed by atoms with Gasteiger partial charge in [-0.1, -0.05) is 30.3 Å². The Morgan fingerprint density at radius 2 is 2.00 bits per heavy atom. The van der Waals surface area contributed by atoms with Crippen LogP contribution in [-0.2, 0) is 6.54 Å². The van der Waals surface area contributed by atoms with Crippen molar-refractivity contribution in [2.24, 2.45) is 0 Å². The molecule has 18 heavy (non-hydrogen) atoms. The Morgan fingerprint density at radius 3 is 2.67 bits per heavy atom. The Labute approximate surface area is 105 Å². The van der Waals surface area contributed by atoms with E-state index < -0.39 is 6.03 Å². The second-order valence-corrected chi connectivity index (χ2v) is 3.74. The van der Waals surface area contributed by atoms with E-state index in [-0.39, 0.29) is 6.54 Å². The van der Waals surface area contributed by atoms with Crippen LogP contribution in [0.1, 0.15) is 5.76 Å². The van der Waals surface area contributed by atoms with Gasteiger partial charge >= 0.3 is 6.03 Å². The zero-order valence-corrected chi connectivity index (χ0v) is 9.96. The van der Waals surface area contributed by atoms with Gasteiger partial charge in [0.2, 0.25) is 0 Å². The Hall–Kier alpha value is -2.27. The van der Waals surface area contributed by atoms with E-state index in [1.54, 1.807) is 6.07 Å². The van der Waals surface area contributed by atoms with Gasteiger partial charge in [0.15, 0.2) is 0 Å². The average molecular weight is 246 g/mol. The van der Waals surface area contributed by atoms with Crippen molar-refractivity contribution < 1.29 is 14.4 Å². The van der Waals surface area contributed by atoms with Gasteiger partial charge in [0.05, 0.1) is 0 Å². The van der Waals surface area contributed by atoms with Crippen LogP contribution in [-0.4, -0.2) is 23.3 Å². The highest BCUT2D eigenvalue weighted by Gasteiger charge is 2.12. The van der Waals surface area contributed by atoms with E-state index in [1.165, 1.54) is 7.05 Å². The van der Waals surface area contributed by atoms with Crippen LogP contribution in [0, 0.1) is 0 Å². The van der Waals surface area contributed by atoms with E-state index in [4.69, 9.17) is 4.42 Å². The van der Waals surface area contributed by atoms with Crippen molar-refractivity contribution >= 4 is 6.03 Å². The minimum atomic E-state index is -0.576. The van der Waals surface area contributed by atoms with Gasteiger partial charge in [0.1, 0.15) is 18.1 Å². The number of hydrogen-bond acceptors (Lipinski definition) is 3. The largest absolute Gasteiger partial charge is 0.459 e. The number of amides is 2. The molecule has 2 rings (SSSR count). The molecule has 0 atom stereocenters. The summed E-state index contributed by atoms with van der Waals surface area (Å²) in [6.07, 6.45) is 0. The zero-order valence-electron chi connectivity index (χ0n) is 9.96. The maximum Gasteiger partial charge on any atom is 0.341 e. The van der Waals surface area contributed by atoms with Crippen LogP contribution in [0.5, 0.6) is 0 Å². The van der Waals surface area contributed by atoms with Crippen LogP contribution in [0.15, 0.2) is 46.9 Å². The van der Waals surface area contributed by atoms with Crippen molar-refractivity contribution in [3.8, 4) is 11.3 Å². The first-order valence-corrected chi connectivity index (χ1v) is 5.53. The summed E-state index contributed by atoms with van der Waals surface area (Å²) in [4.78, 5) is 11.1. The molecule has 0 saturated heterocycles. The molecule has 0 unspecified atom stereocenters. The summed E-state index contributed by atoms with van der Waals surface area (Å²) in [6, 6.07) is 12.6. The van der Waals surface area contributed by atoms with Gasteiger partial charge in [0.25, 0.3) is 0 Å². The second-order valence-electron chi connectivity index (χ2n) is 3.74. The molecule has 0 fully saturated rings. The highest BCUT2D eigenvalue weighted by Crippen LogP contribution is 2.22. The molecule has 0 saturated carbocycles. The first kappa shape index (κ1) is 12.2. The SMILES string of the molecule is CNC(=O)N(O)Cc1ccc(-c2ccccc2)o1. The normalized spacial score (nSPS) is 10.1. The summed E-state index contributed by atoms with van der Waals surface area (Å²) in [7, 11) is 1.45. The van der Waals surface area contributed by atoms with Gasteiger partial charge in [-0.3, -0.25) is 5.21 Å². The van der Waals surface area contributed by atoms with Crippen LogP contribution in [0.4, 0.5) is 4.79 Å². The molecule has 0 aliphatic carbocycles. The molecule has 94 valence electrons. The van der Waals surface area contributed by atoms with Gasteiger partial charge in [-0.25, -0.2) is 4.79 Å². The average Bonchev–Trinajstić information content (AvgIpc) is 2.87. The molecular weight excluding hydrogens is 232 g/mol. The Kier molecular flexibility index (Phi) is 3.64. The third-order valence-corrected chi connectivity index (χ3v) is 2.47. The molecule has 2 amide bonds. The van der Waals surface area contributed by atoms with Crippen LogP contribution in [0.2, 0.25) is 0 Å². The molecule has 0 bridgehead atoms. The molecule has 1 aromatic heterocycles. The quantitative estimate of drug-likeness (QED) is 0.646. The molecule has 5 nitrogen and oxygen atoms in total. The number of carbonyl (C=O) groups excluding carboxylic acids is 1. The standard InChI is InChI=1S/C13H14N2O3/c1-14-13(16)15(17)9-11-7-8-12(18-11)10-5-3-2-4-6-10/h2-8,17H,9H2,1H3,(H,14,16). The van der Waals surface area contributed by atoms with Gasteiger partial charge in [-0.15, -0.1) is 0 Å². The second kappa shape index (κ2) is 5.37. The zero-order chi connectivity index (χ0) is 13.0. The van der Waals surface area contributed by atoms with Crippen molar-refractivity contribution in [1.29, 1.82) is 0 Å². The highest BCUT2D eigenvalue weighted by atomic mass is 16.5. The van der Waals surface area contributed by atoms with Crippen LogP contribution in [0.25, 0.3) is 11.3 Å². The van der Waals surface area contributed by atoms with Crippen molar-refractivity contribution in [1.82, 2.24) is 10.4 Å². The molecule has 2 N–H and O–H groups in total. The number of hydroxylamine groups is 2. The number of benzene rings is 1. The predicted molar refractivity (Wildman–Crippen MR) is 65.9 cm³/mol. The summed E-state index contributed by atoms with van der Waals surface area (Å²) < 4.78 is 5.55. The van der Waals surface area contributed by atoms with E-state index in [2.05, 4.69) is 5.32 Å². The third kappa shape index (κ3) is 2.70. The van der Waals surface area contributed by atoms with Gasteiger partial charge < -0.3 is 9.73 Å². The number of furan rings is 1. The van der Waals surface area contributed by atoms with Crippen molar-refractivity contribution in [2.75, 3.05) is 7.05 Å². The number of urea groups is 1. The molecule has 0 aliphatic heterocycles. The molecule has 0 spiro atoms. The van der Waals surface area contributed by atoms with E-state index in [9.17, 15) is 10.0 Å². The Morgan fingerprint density at radius 1 is 1.28 bits per heavy atom. The van der Waals surface area contributed by atoms with Crippen molar-refractivity contribution in [3.05, 3.63) is 48.2 Å². The lowest BCUT2D eigenvalue weighted by Gasteiger charge is -2.11. The number of nitrogens with one attached hydrogen (secondary N) is 1. The van der Waals surface area contributed by atoms with E-state index in [1.807, 2.05) is 36.4 Å². The van der Waals surface area contributed by atoms with Crippen molar-refractivity contribution in [2.45, 2.75) is 6.54 Å². The van der Waals surface area contributed by atoms with Gasteiger partial charge in [-0.05, 0) is 12.1 Å². The topological polar surface area (TPSA) is 65.7 Å². The number of rotatable bonds is 3. The fourth-order valence-electron chi connectivity index (χ4n) is 1.57. The monoisotopic (exact) mass is 246 g/mol. The van der Waals surface area contributed by atoms with Crippen molar-refractivity contribution in [3.63, 3.8) is 0 Å². The summed E-state index contributed by atoms with van der Waals surface area (Å²) >= 11 is 0. The summed E-state index contributed by atoms with van der Waals surface area (Å²) in [5.41, 5.74) is 0.952. The first-order chi connectivity index (χ1) is 8.70. The maximum atomic E-state index is 11.1. The highest BCUT2D eigenvalue weighted by molar-refractivity contribution is 5.72. The van der Waals surface area contributed by atoms with E-state index >= 15 is 0 Å². The number of carbonyl (C=O) groups is 1. The molecule has 1 heterocycles. The van der Waals surface area contributed by atoms with E-state index in [0.717, 1.165) is 5.56 Å². The van der Waals surface area contributed by atoms with Gasteiger partial charge in [-0.2, -0.15) is 5.06 Å². The number of hydrogen-bond donors (Lipinski definition) is 2. The lowest BCUT2D eigenvalue weighted by molar-refractivity contribution is -0.0541. The number of nitrogens with zero attached hydrogens (tertiary/aromatic N) is 1. The summed E-state index contributed by atoms with van der Waals surface area (Å²) in [5.74, 6) is 1.22. The Balaban J connectivity index is 2.09. The maximum absolute atomic E-state index is 11.1. The fraction of sp³-hybridized carbons (Fsp3) is 0.154. The lowest BCUT2D eigenvalue weighted by atomic mass is 10.2. The van der Waals surface area contributed by atoms with Gasteiger partial charge in [0, 0.05) is 12.6 Å².